The lowest BCUT2D eigenvalue weighted by molar-refractivity contribution is 0.344. The number of aromatic amines is 1. The fraction of sp³-hybridized carbons (Fsp3) is 0.308. The lowest BCUT2D eigenvalue weighted by Gasteiger charge is -2.36. The van der Waals surface area contributed by atoms with Crippen LogP contribution in [-0.4, -0.2) is 41.0 Å². The van der Waals surface area contributed by atoms with Gasteiger partial charge >= 0.3 is 0 Å². The van der Waals surface area contributed by atoms with E-state index < -0.39 is 11.3 Å². The van der Waals surface area contributed by atoms with E-state index in [1.807, 2.05) is 12.3 Å². The molecule has 0 aliphatic heterocycles. The maximum Gasteiger partial charge on any atom is 0.251 e. The van der Waals surface area contributed by atoms with Gasteiger partial charge in [-0.2, -0.15) is 0 Å². The lowest BCUT2D eigenvalue weighted by Crippen LogP contribution is -2.48. The number of rotatable bonds is 5. The van der Waals surface area contributed by atoms with Crippen LogP contribution in [0.2, 0.25) is 0 Å². The Balaban J connectivity index is 1.62. The van der Waals surface area contributed by atoms with Gasteiger partial charge in [-0.05, 0) is 18.9 Å². The van der Waals surface area contributed by atoms with Gasteiger partial charge in [0.25, 0.3) is 5.89 Å². The second-order valence-corrected chi connectivity index (χ2v) is 6.14. The number of anilines is 1. The van der Waals surface area contributed by atoms with E-state index in [4.69, 9.17) is 8.97 Å². The molecule has 0 spiro atoms. The van der Waals surface area contributed by atoms with Gasteiger partial charge in [0.15, 0.2) is 0 Å². The standard InChI is InChI=1S/C13H14N6O3S/c20-23(21)19-8-3-7(4-8)17-11-9-1-2-14-12(9)15-5-10(11)13-18-16-6-22-13/h1-2,5-8,19H,3-4H2,(H,20,21)(H2,14,15,17). The summed E-state index contributed by atoms with van der Waals surface area (Å²) in [5, 5.41) is 12.1. The Morgan fingerprint density at radius 2 is 2.26 bits per heavy atom. The van der Waals surface area contributed by atoms with Gasteiger partial charge < -0.3 is 14.7 Å². The number of aromatic nitrogens is 4. The van der Waals surface area contributed by atoms with E-state index in [0.717, 1.165) is 35.1 Å². The first-order chi connectivity index (χ1) is 11.2. The molecule has 3 aromatic heterocycles. The molecule has 3 aromatic rings. The van der Waals surface area contributed by atoms with Crippen LogP contribution < -0.4 is 10.0 Å². The third kappa shape index (κ3) is 2.71. The Morgan fingerprint density at radius 3 is 3.00 bits per heavy atom. The molecule has 1 saturated carbocycles. The van der Waals surface area contributed by atoms with Gasteiger partial charge in [-0.1, -0.05) is 0 Å². The minimum absolute atomic E-state index is 0.0359. The van der Waals surface area contributed by atoms with Crippen molar-refractivity contribution < 1.29 is 13.2 Å². The van der Waals surface area contributed by atoms with Crippen molar-refractivity contribution in [3.63, 3.8) is 0 Å². The largest absolute Gasteiger partial charge is 0.423 e. The monoisotopic (exact) mass is 334 g/mol. The molecule has 9 nitrogen and oxygen atoms in total. The van der Waals surface area contributed by atoms with Crippen LogP contribution in [0, 0.1) is 0 Å². The Hall–Kier alpha value is -2.30. The molecule has 1 unspecified atom stereocenters. The molecule has 10 heteroatoms. The smallest absolute Gasteiger partial charge is 0.251 e. The zero-order valence-electron chi connectivity index (χ0n) is 11.9. The highest BCUT2D eigenvalue weighted by Crippen LogP contribution is 2.35. The Bertz CT molecular complexity index is 843. The predicted octanol–water partition coefficient (Wildman–Crippen LogP) is 1.28. The normalized spacial score (nSPS) is 22.0. The van der Waals surface area contributed by atoms with Crippen molar-refractivity contribution in [3.05, 3.63) is 24.9 Å². The van der Waals surface area contributed by atoms with E-state index in [1.165, 1.54) is 6.39 Å². The first-order valence-corrected chi connectivity index (χ1v) is 8.17. The van der Waals surface area contributed by atoms with Gasteiger partial charge in [0, 0.05) is 29.9 Å². The zero-order chi connectivity index (χ0) is 15.8. The molecule has 0 radical (unpaired) electrons. The fourth-order valence-electron chi connectivity index (χ4n) is 2.79. The van der Waals surface area contributed by atoms with Crippen LogP contribution in [0.15, 0.2) is 29.3 Å². The predicted molar refractivity (Wildman–Crippen MR) is 83.7 cm³/mol. The third-order valence-electron chi connectivity index (χ3n) is 3.93. The van der Waals surface area contributed by atoms with Crippen molar-refractivity contribution >= 4 is 28.0 Å². The van der Waals surface area contributed by atoms with Crippen molar-refractivity contribution in [1.82, 2.24) is 24.9 Å². The molecule has 0 bridgehead atoms. The van der Waals surface area contributed by atoms with Gasteiger partial charge in [0.05, 0.1) is 11.3 Å². The summed E-state index contributed by atoms with van der Waals surface area (Å²) < 4.78 is 27.5. The highest BCUT2D eigenvalue weighted by Gasteiger charge is 2.31. The molecule has 3 heterocycles. The van der Waals surface area contributed by atoms with Crippen molar-refractivity contribution in [2.75, 3.05) is 5.32 Å². The zero-order valence-corrected chi connectivity index (χ0v) is 12.7. The van der Waals surface area contributed by atoms with Crippen LogP contribution in [0.3, 0.4) is 0 Å². The quantitative estimate of drug-likeness (QED) is 0.517. The maximum absolute atomic E-state index is 10.8. The number of nitrogens with one attached hydrogen (secondary N) is 3. The minimum Gasteiger partial charge on any atom is -0.423 e. The van der Waals surface area contributed by atoms with Crippen LogP contribution in [0.4, 0.5) is 5.69 Å². The van der Waals surface area contributed by atoms with Crippen LogP contribution in [0.25, 0.3) is 22.5 Å². The number of pyridine rings is 1. The summed E-state index contributed by atoms with van der Waals surface area (Å²) in [4.78, 5) is 7.43. The summed E-state index contributed by atoms with van der Waals surface area (Å²) in [5.74, 6) is 0.397. The Labute approximate surface area is 133 Å². The number of H-pyrrole nitrogens is 1. The topological polar surface area (TPSA) is 129 Å². The second-order valence-electron chi connectivity index (χ2n) is 5.41. The molecule has 0 saturated heterocycles. The minimum atomic E-state index is -1.98. The molecule has 23 heavy (non-hydrogen) atoms. The van der Waals surface area contributed by atoms with E-state index in [1.54, 1.807) is 6.20 Å². The van der Waals surface area contributed by atoms with Crippen molar-refractivity contribution in [2.45, 2.75) is 24.9 Å². The average molecular weight is 334 g/mol. The molecular formula is C13H14N6O3S. The second kappa shape index (κ2) is 5.72. The molecule has 4 rings (SSSR count). The van der Waals surface area contributed by atoms with Crippen molar-refractivity contribution in [3.8, 4) is 11.5 Å². The molecule has 0 aromatic carbocycles. The SMILES string of the molecule is O=S(O)NC1CC(Nc2c(-c3nnco3)cnc3[nH]ccc23)C1. The van der Waals surface area contributed by atoms with Gasteiger partial charge in [-0.3, -0.25) is 4.55 Å². The van der Waals surface area contributed by atoms with E-state index in [9.17, 15) is 4.21 Å². The summed E-state index contributed by atoms with van der Waals surface area (Å²) in [6, 6.07) is 2.16. The van der Waals surface area contributed by atoms with Gasteiger partial charge in [-0.25, -0.2) is 13.9 Å². The molecule has 0 amide bonds. The Kier molecular flexibility index (Phi) is 3.56. The van der Waals surface area contributed by atoms with E-state index in [0.29, 0.717) is 5.89 Å². The van der Waals surface area contributed by atoms with Crippen molar-refractivity contribution in [1.29, 1.82) is 0 Å². The summed E-state index contributed by atoms with van der Waals surface area (Å²) in [6.07, 6.45) is 6.29. The number of nitrogens with zero attached hydrogens (tertiary/aromatic N) is 3. The highest BCUT2D eigenvalue weighted by atomic mass is 32.2. The molecule has 1 atom stereocenters. The lowest BCUT2D eigenvalue weighted by atomic mass is 9.87. The van der Waals surface area contributed by atoms with Crippen molar-refractivity contribution in [2.24, 2.45) is 0 Å². The fourth-order valence-corrected chi connectivity index (χ4v) is 3.27. The van der Waals surface area contributed by atoms with E-state index in [2.05, 4.69) is 30.2 Å². The first kappa shape index (κ1) is 14.3. The molecule has 120 valence electrons. The Morgan fingerprint density at radius 1 is 1.39 bits per heavy atom. The molecule has 1 aliphatic carbocycles. The number of fused-ring (bicyclic) bond motifs is 1. The summed E-state index contributed by atoms with van der Waals surface area (Å²) in [5.41, 5.74) is 2.37. The number of hydrogen-bond donors (Lipinski definition) is 4. The average Bonchev–Trinajstić information content (AvgIpc) is 3.15. The molecule has 1 aliphatic rings. The first-order valence-electron chi connectivity index (χ1n) is 7.07. The molecule has 4 N–H and O–H groups in total. The van der Waals surface area contributed by atoms with Gasteiger partial charge in [-0.15, -0.1) is 10.2 Å². The van der Waals surface area contributed by atoms with Crippen LogP contribution in [0.1, 0.15) is 12.8 Å². The van der Waals surface area contributed by atoms with Crippen LogP contribution >= 0.6 is 0 Å². The van der Waals surface area contributed by atoms with Gasteiger partial charge in [0.1, 0.15) is 5.65 Å². The summed E-state index contributed by atoms with van der Waals surface area (Å²) >= 11 is -1.98. The van der Waals surface area contributed by atoms with Crippen LogP contribution in [-0.2, 0) is 11.3 Å². The maximum atomic E-state index is 10.8. The molecule has 1 fully saturated rings. The van der Waals surface area contributed by atoms with Gasteiger partial charge in [0.2, 0.25) is 17.7 Å². The highest BCUT2D eigenvalue weighted by molar-refractivity contribution is 7.77. The third-order valence-corrected chi connectivity index (χ3v) is 4.47. The van der Waals surface area contributed by atoms with E-state index >= 15 is 0 Å². The van der Waals surface area contributed by atoms with Crippen LogP contribution in [0.5, 0.6) is 0 Å². The molecular weight excluding hydrogens is 320 g/mol. The summed E-state index contributed by atoms with van der Waals surface area (Å²) in [7, 11) is 0. The summed E-state index contributed by atoms with van der Waals surface area (Å²) in [6.45, 7) is 0. The van der Waals surface area contributed by atoms with E-state index in [-0.39, 0.29) is 12.1 Å². The number of hydrogen-bond acceptors (Lipinski definition) is 6.